The number of alkyl halides is 1. The minimum atomic E-state index is 0.519. The van der Waals surface area contributed by atoms with Crippen LogP contribution in [0.15, 0.2) is 16.5 Å². The first-order valence-electron chi connectivity index (χ1n) is 3.38. The highest BCUT2D eigenvalue weighted by Gasteiger charge is 2.01. The fourth-order valence-corrected chi connectivity index (χ4v) is 2.46. The van der Waals surface area contributed by atoms with Gasteiger partial charge in [0.25, 0.3) is 0 Å². The van der Waals surface area contributed by atoms with Crippen molar-refractivity contribution in [2.75, 3.05) is 11.6 Å². The van der Waals surface area contributed by atoms with E-state index in [9.17, 15) is 0 Å². The standard InChI is InChI=1S/C7H9ClN2S2/c1-5(3-8)4-11-7-10-9-6(2)12-7/h1,3-4H2,2H3. The van der Waals surface area contributed by atoms with E-state index in [1.165, 1.54) is 0 Å². The SMILES string of the molecule is C=C(CCl)CSc1nnc(C)s1. The Kier molecular flexibility index (Phi) is 4.05. The van der Waals surface area contributed by atoms with Gasteiger partial charge in [-0.05, 0) is 6.92 Å². The average molecular weight is 221 g/mol. The van der Waals surface area contributed by atoms with E-state index in [0.717, 1.165) is 20.7 Å². The van der Waals surface area contributed by atoms with Crippen molar-refractivity contribution >= 4 is 34.7 Å². The largest absolute Gasteiger partial charge is 0.174 e. The summed E-state index contributed by atoms with van der Waals surface area (Å²) in [6.07, 6.45) is 0. The van der Waals surface area contributed by atoms with Crippen molar-refractivity contribution in [1.82, 2.24) is 10.2 Å². The van der Waals surface area contributed by atoms with Crippen LogP contribution >= 0.6 is 34.7 Å². The summed E-state index contributed by atoms with van der Waals surface area (Å²) < 4.78 is 0.985. The van der Waals surface area contributed by atoms with Crippen molar-refractivity contribution in [3.05, 3.63) is 17.2 Å². The Balaban J connectivity index is 2.38. The molecule has 0 N–H and O–H groups in total. The van der Waals surface area contributed by atoms with Crippen molar-refractivity contribution in [1.29, 1.82) is 0 Å². The normalized spacial score (nSPS) is 10.2. The number of nitrogens with zero attached hydrogens (tertiary/aromatic N) is 2. The molecule has 0 radical (unpaired) electrons. The Morgan fingerprint density at radius 2 is 2.42 bits per heavy atom. The Hall–Kier alpha value is -0.0600. The number of rotatable bonds is 4. The predicted octanol–water partition coefficient (Wildman–Crippen LogP) is 2.73. The molecule has 0 saturated heterocycles. The molecule has 66 valence electrons. The average Bonchev–Trinajstić information content (AvgIpc) is 2.47. The second-order valence-electron chi connectivity index (χ2n) is 2.26. The highest BCUT2D eigenvalue weighted by molar-refractivity contribution is 8.01. The maximum absolute atomic E-state index is 5.58. The molecule has 0 aromatic carbocycles. The molecule has 0 saturated carbocycles. The van der Waals surface area contributed by atoms with E-state index >= 15 is 0 Å². The van der Waals surface area contributed by atoms with Gasteiger partial charge >= 0.3 is 0 Å². The Morgan fingerprint density at radius 3 is 2.92 bits per heavy atom. The monoisotopic (exact) mass is 220 g/mol. The van der Waals surface area contributed by atoms with Crippen LogP contribution < -0.4 is 0 Å². The van der Waals surface area contributed by atoms with Crippen LogP contribution in [0.3, 0.4) is 0 Å². The number of halogens is 1. The molecule has 0 aliphatic carbocycles. The smallest absolute Gasteiger partial charge is 0.143 e. The van der Waals surface area contributed by atoms with E-state index in [0.29, 0.717) is 5.88 Å². The zero-order valence-corrected chi connectivity index (χ0v) is 9.10. The summed E-state index contributed by atoms with van der Waals surface area (Å²) in [5.74, 6) is 1.35. The molecule has 5 heteroatoms. The quantitative estimate of drug-likeness (QED) is 0.443. The molecular weight excluding hydrogens is 212 g/mol. The molecule has 0 fully saturated rings. The van der Waals surface area contributed by atoms with E-state index in [1.54, 1.807) is 23.1 Å². The second kappa shape index (κ2) is 4.84. The Labute approximate surface area is 85.0 Å². The van der Waals surface area contributed by atoms with Crippen LogP contribution in [-0.2, 0) is 0 Å². The lowest BCUT2D eigenvalue weighted by molar-refractivity contribution is 0.984. The van der Waals surface area contributed by atoms with Crippen LogP contribution in [0.4, 0.5) is 0 Å². The highest BCUT2D eigenvalue weighted by Crippen LogP contribution is 2.23. The molecular formula is C7H9ClN2S2. The van der Waals surface area contributed by atoms with Gasteiger partial charge < -0.3 is 0 Å². The van der Waals surface area contributed by atoms with Gasteiger partial charge in [0.2, 0.25) is 0 Å². The molecule has 0 aliphatic rings. The number of hydrogen-bond donors (Lipinski definition) is 0. The maximum Gasteiger partial charge on any atom is 0.174 e. The molecule has 1 heterocycles. The van der Waals surface area contributed by atoms with Crippen LogP contribution in [0.1, 0.15) is 5.01 Å². The lowest BCUT2D eigenvalue weighted by Crippen LogP contribution is -1.85. The van der Waals surface area contributed by atoms with Gasteiger partial charge in [0.15, 0.2) is 4.34 Å². The molecule has 1 aromatic rings. The van der Waals surface area contributed by atoms with Crippen molar-refractivity contribution in [3.63, 3.8) is 0 Å². The Morgan fingerprint density at radius 1 is 1.67 bits per heavy atom. The number of aryl methyl sites for hydroxylation is 1. The third-order valence-electron chi connectivity index (χ3n) is 1.10. The topological polar surface area (TPSA) is 25.8 Å². The molecule has 0 spiro atoms. The van der Waals surface area contributed by atoms with E-state index in [-0.39, 0.29) is 0 Å². The van der Waals surface area contributed by atoms with Gasteiger partial charge in [-0.25, -0.2) is 0 Å². The van der Waals surface area contributed by atoms with E-state index in [2.05, 4.69) is 16.8 Å². The lowest BCUT2D eigenvalue weighted by atomic mass is 10.4. The van der Waals surface area contributed by atoms with E-state index < -0.39 is 0 Å². The van der Waals surface area contributed by atoms with Crippen LogP contribution in [0.25, 0.3) is 0 Å². The van der Waals surface area contributed by atoms with E-state index in [4.69, 9.17) is 11.6 Å². The summed E-state index contributed by atoms with van der Waals surface area (Å²) in [5, 5.41) is 8.87. The van der Waals surface area contributed by atoms with E-state index in [1.807, 2.05) is 6.92 Å². The molecule has 2 nitrogen and oxygen atoms in total. The summed E-state index contributed by atoms with van der Waals surface area (Å²) in [6.45, 7) is 5.74. The second-order valence-corrected chi connectivity index (χ2v) is 4.93. The van der Waals surface area contributed by atoms with Gasteiger partial charge in [-0.2, -0.15) is 0 Å². The molecule has 1 aromatic heterocycles. The third-order valence-corrected chi connectivity index (χ3v) is 3.59. The number of aromatic nitrogens is 2. The molecule has 0 amide bonds. The van der Waals surface area contributed by atoms with Gasteiger partial charge in [-0.3, -0.25) is 0 Å². The first-order chi connectivity index (χ1) is 5.72. The molecule has 0 atom stereocenters. The van der Waals surface area contributed by atoms with Gasteiger partial charge in [0.1, 0.15) is 5.01 Å². The lowest BCUT2D eigenvalue weighted by Gasteiger charge is -1.95. The van der Waals surface area contributed by atoms with Gasteiger partial charge in [0.05, 0.1) is 0 Å². The first kappa shape index (κ1) is 10.0. The number of hydrogen-bond acceptors (Lipinski definition) is 4. The van der Waals surface area contributed by atoms with Crippen LogP contribution in [-0.4, -0.2) is 21.8 Å². The minimum absolute atomic E-state index is 0.519. The zero-order chi connectivity index (χ0) is 8.97. The van der Waals surface area contributed by atoms with Crippen LogP contribution in [0, 0.1) is 6.92 Å². The van der Waals surface area contributed by atoms with Crippen molar-refractivity contribution in [3.8, 4) is 0 Å². The molecule has 0 unspecified atom stereocenters. The minimum Gasteiger partial charge on any atom is -0.143 e. The highest BCUT2D eigenvalue weighted by atomic mass is 35.5. The summed E-state index contributed by atoms with van der Waals surface area (Å²) in [6, 6.07) is 0. The number of thioether (sulfide) groups is 1. The first-order valence-corrected chi connectivity index (χ1v) is 5.71. The third kappa shape index (κ3) is 3.13. The fourth-order valence-electron chi connectivity index (χ4n) is 0.539. The van der Waals surface area contributed by atoms with Gasteiger partial charge in [0, 0.05) is 11.6 Å². The summed E-state index contributed by atoms with van der Waals surface area (Å²) in [5.41, 5.74) is 1.02. The Bertz CT molecular complexity index is 272. The summed E-state index contributed by atoms with van der Waals surface area (Å²) >= 11 is 8.81. The van der Waals surface area contributed by atoms with Gasteiger partial charge in [-0.1, -0.05) is 35.3 Å². The maximum atomic E-state index is 5.58. The van der Waals surface area contributed by atoms with Crippen LogP contribution in [0.2, 0.25) is 0 Å². The van der Waals surface area contributed by atoms with Crippen molar-refractivity contribution < 1.29 is 0 Å². The fraction of sp³-hybridized carbons (Fsp3) is 0.429. The summed E-state index contributed by atoms with van der Waals surface area (Å²) in [7, 11) is 0. The van der Waals surface area contributed by atoms with Crippen LogP contribution in [0.5, 0.6) is 0 Å². The molecule has 0 bridgehead atoms. The van der Waals surface area contributed by atoms with Gasteiger partial charge in [-0.15, -0.1) is 21.8 Å². The molecule has 0 aliphatic heterocycles. The zero-order valence-electron chi connectivity index (χ0n) is 6.71. The van der Waals surface area contributed by atoms with Crippen molar-refractivity contribution in [2.24, 2.45) is 0 Å². The summed E-state index contributed by atoms with van der Waals surface area (Å²) in [4.78, 5) is 0. The molecule has 1 rings (SSSR count). The predicted molar refractivity (Wildman–Crippen MR) is 55.2 cm³/mol. The van der Waals surface area contributed by atoms with Crippen molar-refractivity contribution in [2.45, 2.75) is 11.3 Å². The molecule has 12 heavy (non-hydrogen) atoms.